The minimum atomic E-state index is 0. The number of benzene rings is 1. The van der Waals surface area contributed by atoms with Crippen LogP contribution in [0.4, 0.5) is 0 Å². The first-order chi connectivity index (χ1) is 3.00. The second-order valence-corrected chi connectivity index (χ2v) is 0.933. The Labute approximate surface area is 182 Å². The molecule has 0 atom stereocenters. The molecule has 84 valence electrons. The van der Waals surface area contributed by atoms with Crippen LogP contribution in [0.5, 0.6) is 0 Å². The first-order valence-corrected chi connectivity index (χ1v) is 1.73. The third-order valence-electron chi connectivity index (χ3n) is 0.500. The van der Waals surface area contributed by atoms with Crippen LogP contribution in [0.3, 0.4) is 0 Å². The Hall–Kier alpha value is 3.35. The molecule has 0 spiro atoms. The Morgan fingerprint density at radius 2 is 0.600 bits per heavy atom. The van der Waals surface area contributed by atoms with Gasteiger partial charge in [-0.2, -0.15) is 0 Å². The minimum absolute atomic E-state index is 0. The van der Waals surface area contributed by atoms with Crippen LogP contribution >= 0.6 is 0 Å². The molecule has 0 unspecified atom stereocenters. The Morgan fingerprint density at radius 1 is 0.467 bits per heavy atom. The molecule has 0 bridgehead atoms. The maximum Gasteiger partial charge on any atom is 2.00 e. The Balaban J connectivity index is -0.00000000571. The van der Waals surface area contributed by atoms with Gasteiger partial charge < -0.3 is 58.7 Å². The van der Waals surface area contributed by atoms with Gasteiger partial charge >= 0.3 is 63.2 Å². The SMILES string of the molecule is [CH3-].[CH3-].[CH3-].[W+2].[W+2].[W+2].[W].[W].[W].[c-]1c[c-]c[c-]c1. The molecule has 1 aromatic rings. The molecule has 0 radical (unpaired) electrons. The van der Waals surface area contributed by atoms with Crippen molar-refractivity contribution in [3.63, 3.8) is 0 Å². The van der Waals surface area contributed by atoms with Crippen molar-refractivity contribution in [2.45, 2.75) is 0 Å². The Bertz CT molecular complexity index is 86.5. The first-order valence-electron chi connectivity index (χ1n) is 1.73. The van der Waals surface area contributed by atoms with Crippen LogP contribution in [0.1, 0.15) is 0 Å². The zero-order valence-corrected chi connectivity index (χ0v) is 26.3. The zero-order valence-electron chi connectivity index (χ0n) is 8.68. The van der Waals surface area contributed by atoms with E-state index in [1.54, 1.807) is 18.2 Å². The molecule has 0 aliphatic heterocycles. The third kappa shape index (κ3) is 46.8. The molecule has 0 saturated heterocycles. The van der Waals surface area contributed by atoms with E-state index in [2.05, 4.69) is 18.2 Å². The summed E-state index contributed by atoms with van der Waals surface area (Å²) in [6, 6.07) is 13.5. The summed E-state index contributed by atoms with van der Waals surface area (Å²) in [5.41, 5.74) is 0. The summed E-state index contributed by atoms with van der Waals surface area (Å²) in [6.07, 6.45) is 0. The van der Waals surface area contributed by atoms with Gasteiger partial charge in [0.15, 0.2) is 0 Å². The van der Waals surface area contributed by atoms with Crippen LogP contribution in [0, 0.1) is 40.5 Å². The summed E-state index contributed by atoms with van der Waals surface area (Å²) in [7, 11) is 0. The third-order valence-corrected chi connectivity index (χ3v) is 0.500. The molecule has 0 saturated carbocycles. The van der Waals surface area contributed by atoms with Crippen LogP contribution in [0.15, 0.2) is 18.2 Å². The molecule has 0 N–H and O–H groups in total. The summed E-state index contributed by atoms with van der Waals surface area (Å²) in [4.78, 5) is 0. The smallest absolute Gasteiger partial charge is 0.545 e. The van der Waals surface area contributed by atoms with Crippen molar-refractivity contribution in [3.8, 4) is 0 Å². The first kappa shape index (κ1) is 63.2. The second kappa shape index (κ2) is 53.1. The van der Waals surface area contributed by atoms with Gasteiger partial charge in [0.05, 0.1) is 0 Å². The molecule has 15 heavy (non-hydrogen) atoms. The van der Waals surface area contributed by atoms with Gasteiger partial charge in [0.1, 0.15) is 0 Å². The van der Waals surface area contributed by atoms with E-state index in [1.807, 2.05) is 0 Å². The second-order valence-electron chi connectivity index (χ2n) is 0.933. The van der Waals surface area contributed by atoms with Crippen molar-refractivity contribution in [3.05, 3.63) is 58.7 Å². The van der Waals surface area contributed by atoms with E-state index in [1.165, 1.54) is 0 Å². The summed E-state index contributed by atoms with van der Waals surface area (Å²) in [5, 5.41) is 0. The van der Waals surface area contributed by atoms with E-state index in [9.17, 15) is 0 Å². The number of rotatable bonds is 0. The largest absolute Gasteiger partial charge is 2.00 e. The maximum absolute atomic E-state index is 2.78. The van der Waals surface area contributed by atoms with E-state index in [0.717, 1.165) is 0 Å². The molecular weight excluding hydrogens is 1210 g/mol. The zero-order chi connectivity index (χ0) is 4.24. The van der Waals surface area contributed by atoms with Crippen molar-refractivity contribution in [2.24, 2.45) is 0 Å². The summed E-state index contributed by atoms with van der Waals surface area (Å²) < 4.78 is 0. The molecule has 1 aromatic carbocycles. The van der Waals surface area contributed by atoms with Gasteiger partial charge in [-0.15, -0.1) is 0 Å². The maximum atomic E-state index is 2.78. The summed E-state index contributed by atoms with van der Waals surface area (Å²) in [5.74, 6) is 0. The molecule has 0 amide bonds. The van der Waals surface area contributed by atoms with Crippen LogP contribution in [-0.4, -0.2) is 0 Å². The van der Waals surface area contributed by atoms with Gasteiger partial charge in [0.25, 0.3) is 0 Å². The fraction of sp³-hybridized carbons (Fsp3) is 0. The quantitative estimate of drug-likeness (QED) is 0.351. The molecule has 0 aliphatic rings. The molecule has 0 nitrogen and oxygen atoms in total. The molecule has 0 heterocycles. The van der Waals surface area contributed by atoms with Crippen LogP contribution in [0.2, 0.25) is 0 Å². The molecule has 6 heteroatoms. The van der Waals surface area contributed by atoms with E-state index in [-0.39, 0.29) is 149 Å². The molecule has 0 aromatic heterocycles. The standard InChI is InChI=1S/C6H3.3CH3.6W/c1-2-4-6-5-3-1;;;;;;;;;/h1,4-5H;3*1H3;;;;;;/q-3;3*-1;;;;3*+2. The molecular formula is C9H12W6. The van der Waals surface area contributed by atoms with Crippen molar-refractivity contribution in [2.75, 3.05) is 0 Å². The monoisotopic (exact) mass is 1220 g/mol. The van der Waals surface area contributed by atoms with Gasteiger partial charge in [-0.25, -0.2) is 0 Å². The average molecular weight is 1220 g/mol. The average Bonchev–Trinajstić information content (AvgIpc) is 1.72. The van der Waals surface area contributed by atoms with Gasteiger partial charge in [0.2, 0.25) is 0 Å². The Morgan fingerprint density at radius 3 is 0.667 bits per heavy atom. The number of hydrogen-bond acceptors (Lipinski definition) is 0. The van der Waals surface area contributed by atoms with Crippen molar-refractivity contribution < 1.29 is 126 Å². The molecule has 0 fully saturated rings. The van der Waals surface area contributed by atoms with Crippen LogP contribution in [0.25, 0.3) is 0 Å². The Kier molecular flexibility index (Phi) is 223. The van der Waals surface area contributed by atoms with Crippen molar-refractivity contribution in [1.29, 1.82) is 0 Å². The topological polar surface area (TPSA) is 0 Å². The van der Waals surface area contributed by atoms with Gasteiger partial charge in [-0.1, -0.05) is 0 Å². The van der Waals surface area contributed by atoms with E-state index in [4.69, 9.17) is 0 Å². The van der Waals surface area contributed by atoms with Gasteiger partial charge in [0, 0.05) is 63.2 Å². The fourth-order valence-electron chi connectivity index (χ4n) is 0.269. The van der Waals surface area contributed by atoms with Crippen molar-refractivity contribution in [1.82, 2.24) is 0 Å². The summed E-state index contributed by atoms with van der Waals surface area (Å²) in [6.45, 7) is 0. The molecule has 0 aliphatic carbocycles. The predicted octanol–water partition coefficient (Wildman–Crippen LogP) is 2.42. The van der Waals surface area contributed by atoms with Gasteiger partial charge in [-0.05, 0) is 0 Å². The fourth-order valence-corrected chi connectivity index (χ4v) is 0.269. The van der Waals surface area contributed by atoms with Crippen LogP contribution < -0.4 is 0 Å². The normalized spacial score (nSPS) is 3.20. The number of hydrogen-bond donors (Lipinski definition) is 0. The van der Waals surface area contributed by atoms with Gasteiger partial charge in [-0.3, -0.25) is 0 Å². The predicted molar refractivity (Wildman–Crippen MR) is 42.2 cm³/mol. The van der Waals surface area contributed by atoms with Crippen LogP contribution in [-0.2, 0) is 126 Å². The van der Waals surface area contributed by atoms with E-state index < -0.39 is 0 Å². The van der Waals surface area contributed by atoms with E-state index in [0.29, 0.717) is 0 Å². The van der Waals surface area contributed by atoms with Crippen molar-refractivity contribution >= 4 is 0 Å². The molecule has 1 rings (SSSR count). The summed E-state index contributed by atoms with van der Waals surface area (Å²) >= 11 is 0. The minimum Gasteiger partial charge on any atom is -0.545 e. The van der Waals surface area contributed by atoms with E-state index >= 15 is 0 Å².